The second kappa shape index (κ2) is 13.8. The van der Waals surface area contributed by atoms with Crippen molar-refractivity contribution in [3.63, 3.8) is 0 Å². The van der Waals surface area contributed by atoms with Crippen LogP contribution in [0, 0.1) is 11.8 Å². The zero-order valence-electron chi connectivity index (χ0n) is 25.1. The van der Waals surface area contributed by atoms with Crippen molar-refractivity contribution in [2.75, 3.05) is 33.5 Å². The van der Waals surface area contributed by atoms with Crippen LogP contribution in [0.1, 0.15) is 52.4 Å². The second-order valence-electron chi connectivity index (χ2n) is 11.9. The number of allylic oxidation sites excluding steroid dienone is 8. The average molecular weight is 603 g/mol. The van der Waals surface area contributed by atoms with Gasteiger partial charge in [-0.1, -0.05) is 37.3 Å². The largest absolute Gasteiger partial charge is 0.493 e. The van der Waals surface area contributed by atoms with Crippen LogP contribution in [0.25, 0.3) is 0 Å². The van der Waals surface area contributed by atoms with Crippen molar-refractivity contribution >= 4 is 5.97 Å². The molecule has 0 aromatic rings. The van der Waals surface area contributed by atoms with Gasteiger partial charge >= 0.3 is 12.1 Å². The molecule has 6 nitrogen and oxygen atoms in total. The van der Waals surface area contributed by atoms with Crippen LogP contribution >= 0.6 is 0 Å². The maximum Gasteiger partial charge on any atom is 0.413 e. The monoisotopic (exact) mass is 602 g/mol. The number of hydrogen-bond donors (Lipinski definition) is 0. The molecule has 0 radical (unpaired) electrons. The van der Waals surface area contributed by atoms with Crippen LogP contribution in [0.5, 0.6) is 0 Å². The van der Waals surface area contributed by atoms with Crippen LogP contribution in [-0.2, 0) is 28.5 Å². The number of halogens is 3. The highest BCUT2D eigenvalue weighted by atomic mass is 19.4. The van der Waals surface area contributed by atoms with Gasteiger partial charge in [0.1, 0.15) is 6.10 Å². The van der Waals surface area contributed by atoms with E-state index in [1.807, 2.05) is 18.2 Å². The van der Waals surface area contributed by atoms with Crippen LogP contribution < -0.4 is 0 Å². The summed E-state index contributed by atoms with van der Waals surface area (Å²) in [6.07, 6.45) is 10.9. The third kappa shape index (κ3) is 7.62. The van der Waals surface area contributed by atoms with E-state index in [-0.39, 0.29) is 49.0 Å². The minimum absolute atomic E-state index is 0.0260. The lowest BCUT2D eigenvalue weighted by Gasteiger charge is -2.31. The van der Waals surface area contributed by atoms with E-state index in [1.165, 1.54) is 13.2 Å². The highest BCUT2D eigenvalue weighted by Crippen LogP contribution is 2.47. The number of ether oxygens (including phenoxy) is 5. The standard InChI is InChI=1S/C34H41F3O6/c1-21-15-23(6-8-30(21)43-27-10-13-40-14-11-27)29-18-26(34(35,36)37)16-22(2)33-28(29)7-9-31(33)42-12-4-5-24-19-41-20-25(24)17-32(38)39-3/h4-6,8,12,15-16,21,25,27,30-31H,7,9-11,13-14,17-20H2,1-3H3. The molecular formula is C34H41F3O6. The van der Waals surface area contributed by atoms with Crippen molar-refractivity contribution < 1.29 is 41.7 Å². The van der Waals surface area contributed by atoms with E-state index in [9.17, 15) is 18.0 Å². The molecule has 0 aromatic carbocycles. The Bertz CT molecular complexity index is 1280. The molecule has 1 saturated carbocycles. The topological polar surface area (TPSA) is 63.2 Å². The number of hydrogen-bond acceptors (Lipinski definition) is 6. The number of carbonyl (C=O) groups is 1. The summed E-state index contributed by atoms with van der Waals surface area (Å²) >= 11 is 0. The molecule has 0 spiro atoms. The molecule has 2 saturated heterocycles. The number of esters is 1. The van der Waals surface area contributed by atoms with E-state index in [0.29, 0.717) is 50.4 Å². The molecule has 2 heterocycles. The van der Waals surface area contributed by atoms with Gasteiger partial charge in [0.05, 0.1) is 45.2 Å². The highest BCUT2D eigenvalue weighted by Gasteiger charge is 2.40. The van der Waals surface area contributed by atoms with E-state index in [0.717, 1.165) is 35.1 Å². The maximum atomic E-state index is 14.2. The third-order valence-corrected chi connectivity index (χ3v) is 8.89. The van der Waals surface area contributed by atoms with Crippen LogP contribution in [-0.4, -0.2) is 64.0 Å². The van der Waals surface area contributed by atoms with Crippen molar-refractivity contribution in [2.45, 2.75) is 76.9 Å². The molecular weight excluding hydrogens is 561 g/mol. The predicted molar refractivity (Wildman–Crippen MR) is 156 cm³/mol. The van der Waals surface area contributed by atoms with Gasteiger partial charge in [0.2, 0.25) is 0 Å². The summed E-state index contributed by atoms with van der Waals surface area (Å²) in [5.74, 6) is -0.304. The fourth-order valence-electron chi connectivity index (χ4n) is 6.55. The average Bonchev–Trinajstić information content (AvgIpc) is 3.57. The lowest BCUT2D eigenvalue weighted by Crippen LogP contribution is -2.31. The summed E-state index contributed by atoms with van der Waals surface area (Å²) in [6.45, 7) is 6.07. The van der Waals surface area contributed by atoms with E-state index < -0.39 is 11.7 Å². The summed E-state index contributed by atoms with van der Waals surface area (Å²) in [5.41, 5.74) is 4.34. The molecule has 9 heteroatoms. The zero-order chi connectivity index (χ0) is 30.6. The SMILES string of the molecule is COC(=O)CC1COCC1=CC=COC1CCC2=C(C3=CC(C)C(OC4CCOCC4)C=C3)CC(C(F)(F)F)=CC(C)=C21. The molecule has 2 aliphatic heterocycles. The zero-order valence-corrected chi connectivity index (χ0v) is 25.1. The molecule has 0 N–H and O–H groups in total. The lowest BCUT2D eigenvalue weighted by atomic mass is 9.85. The summed E-state index contributed by atoms with van der Waals surface area (Å²) in [7, 11) is 1.36. The van der Waals surface area contributed by atoms with Crippen LogP contribution in [0.2, 0.25) is 0 Å². The highest BCUT2D eigenvalue weighted by molar-refractivity contribution is 5.70. The quantitative estimate of drug-likeness (QED) is 0.220. The Morgan fingerprint density at radius 1 is 1.14 bits per heavy atom. The molecule has 0 bridgehead atoms. The molecule has 0 aromatic heterocycles. The number of fused-ring (bicyclic) bond motifs is 1. The first kappa shape index (κ1) is 31.5. The van der Waals surface area contributed by atoms with Gasteiger partial charge in [0.25, 0.3) is 0 Å². The summed E-state index contributed by atoms with van der Waals surface area (Å²) in [6, 6.07) is 0. The molecule has 234 valence electrons. The van der Waals surface area contributed by atoms with Gasteiger partial charge in [-0.25, -0.2) is 0 Å². The van der Waals surface area contributed by atoms with Crippen LogP contribution in [0.3, 0.4) is 0 Å². The van der Waals surface area contributed by atoms with Gasteiger partial charge in [0, 0.05) is 37.0 Å². The Morgan fingerprint density at radius 3 is 2.65 bits per heavy atom. The summed E-state index contributed by atoms with van der Waals surface area (Å²) < 4.78 is 70.7. The fourth-order valence-corrected chi connectivity index (χ4v) is 6.55. The van der Waals surface area contributed by atoms with E-state index in [1.54, 1.807) is 19.3 Å². The first-order chi connectivity index (χ1) is 20.6. The Balaban J connectivity index is 1.36. The van der Waals surface area contributed by atoms with Gasteiger partial charge < -0.3 is 23.7 Å². The maximum absolute atomic E-state index is 14.2. The molecule has 4 atom stereocenters. The molecule has 3 fully saturated rings. The van der Waals surface area contributed by atoms with E-state index in [4.69, 9.17) is 23.7 Å². The third-order valence-electron chi connectivity index (χ3n) is 8.89. The van der Waals surface area contributed by atoms with Crippen LogP contribution in [0.15, 0.2) is 81.7 Å². The van der Waals surface area contributed by atoms with Crippen molar-refractivity contribution in [2.24, 2.45) is 11.8 Å². The smallest absolute Gasteiger partial charge is 0.413 e. The normalized spacial score (nSPS) is 29.7. The van der Waals surface area contributed by atoms with Crippen molar-refractivity contribution in [3.05, 3.63) is 81.7 Å². The lowest BCUT2D eigenvalue weighted by molar-refractivity contribution is -0.141. The van der Waals surface area contributed by atoms with Crippen molar-refractivity contribution in [1.82, 2.24) is 0 Å². The Hall–Kier alpha value is -2.88. The van der Waals surface area contributed by atoms with Gasteiger partial charge in [-0.15, -0.1) is 0 Å². The fraction of sp³-hybridized carbons (Fsp3) is 0.559. The minimum Gasteiger partial charge on any atom is -0.493 e. The van der Waals surface area contributed by atoms with Crippen LogP contribution in [0.4, 0.5) is 13.2 Å². The molecule has 4 unspecified atom stereocenters. The Labute approximate surface area is 251 Å². The number of alkyl halides is 3. The number of carbonyl (C=O) groups excluding carboxylic acids is 1. The Kier molecular flexibility index (Phi) is 10.1. The minimum atomic E-state index is -4.43. The van der Waals surface area contributed by atoms with Crippen molar-refractivity contribution in [1.29, 1.82) is 0 Å². The van der Waals surface area contributed by atoms with Gasteiger partial charge in [-0.05, 0) is 72.1 Å². The Morgan fingerprint density at radius 2 is 1.93 bits per heavy atom. The van der Waals surface area contributed by atoms with Gasteiger partial charge in [-0.2, -0.15) is 13.2 Å². The first-order valence-electron chi connectivity index (χ1n) is 15.1. The number of methoxy groups -OCH3 is 1. The van der Waals surface area contributed by atoms with Gasteiger partial charge in [0.15, 0.2) is 0 Å². The van der Waals surface area contributed by atoms with Crippen molar-refractivity contribution in [3.8, 4) is 0 Å². The molecule has 5 rings (SSSR count). The predicted octanol–water partition coefficient (Wildman–Crippen LogP) is 7.02. The van der Waals surface area contributed by atoms with Gasteiger partial charge in [-0.3, -0.25) is 4.79 Å². The summed E-state index contributed by atoms with van der Waals surface area (Å²) in [5, 5.41) is 0. The number of rotatable bonds is 8. The second-order valence-corrected chi connectivity index (χ2v) is 11.9. The van der Waals surface area contributed by atoms with E-state index in [2.05, 4.69) is 13.0 Å². The molecule has 0 amide bonds. The molecule has 3 aliphatic carbocycles. The molecule has 5 aliphatic rings. The summed E-state index contributed by atoms with van der Waals surface area (Å²) in [4.78, 5) is 11.7. The van der Waals surface area contributed by atoms with E-state index >= 15 is 0 Å². The first-order valence-corrected chi connectivity index (χ1v) is 15.1. The molecule has 43 heavy (non-hydrogen) atoms.